The third kappa shape index (κ3) is 3.32. The van der Waals surface area contributed by atoms with Gasteiger partial charge in [-0.1, -0.05) is 45.9 Å². The molecule has 1 aromatic carbocycles. The normalized spacial score (nSPS) is 9.11. The number of fused-ring (bicyclic) bond motifs is 1. The van der Waals surface area contributed by atoms with E-state index in [9.17, 15) is 0 Å². The Morgan fingerprint density at radius 2 is 1.33 bits per heavy atom. The number of hydrogen-bond donors (Lipinski definition) is 0. The second-order valence-corrected chi connectivity index (χ2v) is 3.91. The number of pyridine rings is 1. The van der Waals surface area contributed by atoms with E-state index in [-0.39, 0.29) is 0 Å². The Morgan fingerprint density at radius 3 is 1.89 bits per heavy atom. The Hall–Kier alpha value is -1.37. The quantitative estimate of drug-likeness (QED) is 0.595. The molecule has 0 unspecified atom stereocenters. The summed E-state index contributed by atoms with van der Waals surface area (Å²) >= 11 is 0. The zero-order chi connectivity index (χ0) is 14.3. The van der Waals surface area contributed by atoms with Gasteiger partial charge in [-0.25, -0.2) is 0 Å². The monoisotopic (exact) mass is 245 g/mol. The van der Waals surface area contributed by atoms with Crippen molar-refractivity contribution >= 4 is 10.8 Å². The molecule has 0 amide bonds. The summed E-state index contributed by atoms with van der Waals surface area (Å²) in [6.07, 6.45) is 0. The smallest absolute Gasteiger partial charge is 0.0454 e. The van der Waals surface area contributed by atoms with Crippen molar-refractivity contribution in [1.29, 1.82) is 0 Å². The number of hydrogen-bond acceptors (Lipinski definition) is 1. The van der Waals surface area contributed by atoms with E-state index in [0.29, 0.717) is 0 Å². The topological polar surface area (TPSA) is 12.9 Å². The standard InChI is InChI=1S/C13H15N.2C2H6/c1-8-6-5-7-12-11(4)14-10(3)9(2)13(8)12;2*1-2/h5-7H,1-4H3;2*1-2H3. The van der Waals surface area contributed by atoms with Crippen molar-refractivity contribution in [1.82, 2.24) is 4.98 Å². The van der Waals surface area contributed by atoms with Crippen LogP contribution in [0.5, 0.6) is 0 Å². The first-order valence-electron chi connectivity index (χ1n) is 6.94. The molecule has 0 saturated carbocycles. The van der Waals surface area contributed by atoms with E-state index in [1.807, 2.05) is 27.7 Å². The molecule has 1 heterocycles. The predicted octanol–water partition coefficient (Wildman–Crippen LogP) is 5.52. The van der Waals surface area contributed by atoms with Crippen molar-refractivity contribution in [3.63, 3.8) is 0 Å². The highest BCUT2D eigenvalue weighted by Crippen LogP contribution is 2.25. The SMILES string of the molecule is CC.CC.Cc1nc(C)c2cccc(C)c2c1C. The second-order valence-electron chi connectivity index (χ2n) is 3.91. The van der Waals surface area contributed by atoms with Gasteiger partial charge in [0.1, 0.15) is 0 Å². The summed E-state index contributed by atoms with van der Waals surface area (Å²) < 4.78 is 0. The molecule has 1 nitrogen and oxygen atoms in total. The van der Waals surface area contributed by atoms with Gasteiger partial charge in [0.15, 0.2) is 0 Å². The number of rotatable bonds is 0. The van der Waals surface area contributed by atoms with Crippen molar-refractivity contribution in [2.45, 2.75) is 55.4 Å². The largest absolute Gasteiger partial charge is 0.258 e. The molecule has 2 aromatic rings. The van der Waals surface area contributed by atoms with E-state index in [0.717, 1.165) is 11.4 Å². The molecule has 0 radical (unpaired) electrons. The van der Waals surface area contributed by atoms with Gasteiger partial charge >= 0.3 is 0 Å². The van der Waals surface area contributed by atoms with Gasteiger partial charge in [-0.15, -0.1) is 0 Å². The molecule has 0 atom stereocenters. The van der Waals surface area contributed by atoms with E-state index in [1.54, 1.807) is 0 Å². The van der Waals surface area contributed by atoms with Crippen LogP contribution in [0.1, 0.15) is 50.2 Å². The van der Waals surface area contributed by atoms with Gasteiger partial charge in [0, 0.05) is 16.8 Å². The second kappa shape index (κ2) is 7.86. The van der Waals surface area contributed by atoms with Gasteiger partial charge in [-0.2, -0.15) is 0 Å². The van der Waals surface area contributed by atoms with Crippen molar-refractivity contribution in [2.24, 2.45) is 0 Å². The van der Waals surface area contributed by atoms with E-state index in [2.05, 4.69) is 50.9 Å². The van der Waals surface area contributed by atoms with Gasteiger partial charge in [-0.05, 0) is 44.2 Å². The fourth-order valence-electron chi connectivity index (χ4n) is 2.04. The molecule has 1 heteroatoms. The molecule has 0 bridgehead atoms. The van der Waals surface area contributed by atoms with Gasteiger partial charge in [0.05, 0.1) is 0 Å². The van der Waals surface area contributed by atoms with Crippen LogP contribution < -0.4 is 0 Å². The maximum absolute atomic E-state index is 4.54. The Balaban J connectivity index is 0.000000659. The number of nitrogens with zero attached hydrogens (tertiary/aromatic N) is 1. The summed E-state index contributed by atoms with van der Waals surface area (Å²) in [4.78, 5) is 4.54. The third-order valence-electron chi connectivity index (χ3n) is 2.92. The van der Waals surface area contributed by atoms with Crippen LogP contribution in [0.4, 0.5) is 0 Å². The molecule has 0 aliphatic rings. The lowest BCUT2D eigenvalue weighted by atomic mass is 9.99. The molecule has 0 N–H and O–H groups in total. The molecule has 0 aliphatic heterocycles. The van der Waals surface area contributed by atoms with Crippen LogP contribution >= 0.6 is 0 Å². The van der Waals surface area contributed by atoms with Crippen molar-refractivity contribution < 1.29 is 0 Å². The Kier molecular flexibility index (Phi) is 7.26. The zero-order valence-electron chi connectivity index (χ0n) is 13.2. The third-order valence-corrected chi connectivity index (χ3v) is 2.92. The summed E-state index contributed by atoms with van der Waals surface area (Å²) in [5, 5.41) is 2.66. The first kappa shape index (κ1) is 16.6. The molecule has 0 saturated heterocycles. The summed E-state index contributed by atoms with van der Waals surface area (Å²) in [5.41, 5.74) is 4.92. The highest BCUT2D eigenvalue weighted by Gasteiger charge is 2.06. The van der Waals surface area contributed by atoms with Gasteiger partial charge in [0.2, 0.25) is 0 Å². The van der Waals surface area contributed by atoms with Crippen LogP contribution in [0, 0.1) is 27.7 Å². The van der Waals surface area contributed by atoms with Gasteiger partial charge in [-0.3, -0.25) is 4.98 Å². The molecule has 0 fully saturated rings. The van der Waals surface area contributed by atoms with Crippen LogP contribution in [-0.4, -0.2) is 4.98 Å². The highest BCUT2D eigenvalue weighted by atomic mass is 14.7. The molecular formula is C17H27N. The maximum atomic E-state index is 4.54. The van der Waals surface area contributed by atoms with Crippen molar-refractivity contribution in [3.05, 3.63) is 40.7 Å². The van der Waals surface area contributed by atoms with E-state index >= 15 is 0 Å². The fraction of sp³-hybridized carbons (Fsp3) is 0.471. The lowest BCUT2D eigenvalue weighted by molar-refractivity contribution is 1.12. The van der Waals surface area contributed by atoms with Crippen LogP contribution in [0.25, 0.3) is 10.8 Å². The summed E-state index contributed by atoms with van der Waals surface area (Å²) in [5.74, 6) is 0. The lowest BCUT2D eigenvalue weighted by Gasteiger charge is -2.10. The predicted molar refractivity (Wildman–Crippen MR) is 83.4 cm³/mol. The minimum atomic E-state index is 1.13. The summed E-state index contributed by atoms with van der Waals surface area (Å²) in [6, 6.07) is 6.41. The number of benzene rings is 1. The molecule has 100 valence electrons. The van der Waals surface area contributed by atoms with Crippen LogP contribution in [0.15, 0.2) is 18.2 Å². The van der Waals surface area contributed by atoms with Crippen LogP contribution in [0.2, 0.25) is 0 Å². The minimum absolute atomic E-state index is 1.13. The van der Waals surface area contributed by atoms with Crippen molar-refractivity contribution in [3.8, 4) is 0 Å². The molecule has 1 aromatic heterocycles. The molecule has 0 aliphatic carbocycles. The first-order valence-corrected chi connectivity index (χ1v) is 6.94. The zero-order valence-corrected chi connectivity index (χ0v) is 13.2. The number of aromatic nitrogens is 1. The van der Waals surface area contributed by atoms with Crippen molar-refractivity contribution in [2.75, 3.05) is 0 Å². The maximum Gasteiger partial charge on any atom is 0.0454 e. The Morgan fingerprint density at radius 1 is 0.778 bits per heavy atom. The van der Waals surface area contributed by atoms with Gasteiger partial charge < -0.3 is 0 Å². The number of aryl methyl sites for hydroxylation is 4. The minimum Gasteiger partial charge on any atom is -0.258 e. The average molecular weight is 245 g/mol. The first-order chi connectivity index (χ1) is 8.61. The molecule has 2 rings (SSSR count). The summed E-state index contributed by atoms with van der Waals surface area (Å²) in [6.45, 7) is 16.5. The van der Waals surface area contributed by atoms with E-state index < -0.39 is 0 Å². The molecular weight excluding hydrogens is 218 g/mol. The highest BCUT2D eigenvalue weighted by molar-refractivity contribution is 5.90. The Bertz CT molecular complexity index is 498. The van der Waals surface area contributed by atoms with Crippen LogP contribution in [-0.2, 0) is 0 Å². The fourth-order valence-corrected chi connectivity index (χ4v) is 2.04. The van der Waals surface area contributed by atoms with E-state index in [1.165, 1.54) is 21.9 Å². The molecule has 18 heavy (non-hydrogen) atoms. The molecule has 0 spiro atoms. The summed E-state index contributed by atoms with van der Waals surface area (Å²) in [7, 11) is 0. The van der Waals surface area contributed by atoms with Gasteiger partial charge in [0.25, 0.3) is 0 Å². The lowest BCUT2D eigenvalue weighted by Crippen LogP contribution is -1.94. The Labute approximate surface area is 112 Å². The van der Waals surface area contributed by atoms with E-state index in [4.69, 9.17) is 0 Å². The van der Waals surface area contributed by atoms with Crippen LogP contribution in [0.3, 0.4) is 0 Å². The average Bonchev–Trinajstić information content (AvgIpc) is 2.41.